The molecular weight excluding hydrogens is 310 g/mol. The molecule has 134 valence electrons. The van der Waals surface area contributed by atoms with Crippen LogP contribution < -0.4 is 10.2 Å². The smallest absolute Gasteiger partial charge is 0.224 e. The number of hydrogen-bond acceptors (Lipinski definition) is 2. The molecule has 1 aromatic carbocycles. The number of anilines is 2. The predicted octanol–water partition coefficient (Wildman–Crippen LogP) is 4.67. The van der Waals surface area contributed by atoms with Crippen molar-refractivity contribution in [2.75, 3.05) is 23.3 Å². The topological polar surface area (TPSA) is 32.3 Å². The van der Waals surface area contributed by atoms with E-state index in [1.54, 1.807) is 6.92 Å². The molecule has 0 saturated carbocycles. The fraction of sp³-hybridized carbons (Fsp3) is 0.632. The summed E-state index contributed by atoms with van der Waals surface area (Å²) < 4.78 is 30.2. The van der Waals surface area contributed by atoms with Crippen LogP contribution in [-0.4, -0.2) is 19.0 Å². The number of halogens is 2. The first-order valence-corrected chi connectivity index (χ1v) is 9.01. The molecule has 0 radical (unpaired) electrons. The van der Waals surface area contributed by atoms with Gasteiger partial charge in [-0.25, -0.2) is 8.78 Å². The summed E-state index contributed by atoms with van der Waals surface area (Å²) in [5.74, 6) is -0.675. The molecular formula is C19H28F2N2O. The fourth-order valence-electron chi connectivity index (χ4n) is 3.34. The number of piperidine rings is 1. The minimum atomic E-state index is -0.520. The van der Waals surface area contributed by atoms with Gasteiger partial charge in [0.15, 0.2) is 11.6 Å². The zero-order valence-corrected chi connectivity index (χ0v) is 15.1. The van der Waals surface area contributed by atoms with E-state index in [0.717, 1.165) is 12.8 Å². The van der Waals surface area contributed by atoms with E-state index in [2.05, 4.69) is 12.2 Å². The average molecular weight is 338 g/mol. The Hall–Kier alpha value is -1.65. The number of carbonyl (C=O) groups is 1. The minimum Gasteiger partial charge on any atom is -0.367 e. The number of carbonyl (C=O) groups excluding carboxylic acids is 1. The second-order valence-electron chi connectivity index (χ2n) is 6.59. The molecule has 0 spiro atoms. The third-order valence-electron chi connectivity index (χ3n) is 4.94. The Bertz CT molecular complexity index is 577. The van der Waals surface area contributed by atoms with Crippen LogP contribution in [0.3, 0.4) is 0 Å². The molecule has 0 aromatic heterocycles. The standard InChI is InChI=1S/C19H28F2N2O/c1-5-13-16(20)19(23-10-8-12(4)9-11-23)17(21)14(6-2)18(13)22-15(24)7-3/h12H,5-11H2,1-4H3,(H,22,24). The summed E-state index contributed by atoms with van der Waals surface area (Å²) >= 11 is 0. The first-order valence-electron chi connectivity index (χ1n) is 9.01. The molecule has 1 fully saturated rings. The number of rotatable bonds is 5. The molecule has 24 heavy (non-hydrogen) atoms. The third-order valence-corrected chi connectivity index (χ3v) is 4.94. The second kappa shape index (κ2) is 7.95. The van der Waals surface area contributed by atoms with Gasteiger partial charge in [-0.2, -0.15) is 0 Å². The van der Waals surface area contributed by atoms with Crippen LogP contribution in [0.25, 0.3) is 0 Å². The number of nitrogens with zero attached hydrogens (tertiary/aromatic N) is 1. The van der Waals surface area contributed by atoms with Crippen LogP contribution in [0, 0.1) is 17.6 Å². The summed E-state index contributed by atoms with van der Waals surface area (Å²) in [6.07, 6.45) is 2.99. The second-order valence-corrected chi connectivity index (χ2v) is 6.59. The summed E-state index contributed by atoms with van der Waals surface area (Å²) in [5, 5.41) is 2.71. The van der Waals surface area contributed by atoms with Crippen LogP contribution in [0.1, 0.15) is 58.1 Å². The van der Waals surface area contributed by atoms with Crippen molar-refractivity contribution >= 4 is 17.3 Å². The number of amides is 1. The van der Waals surface area contributed by atoms with Gasteiger partial charge < -0.3 is 10.2 Å². The van der Waals surface area contributed by atoms with Gasteiger partial charge in [0.2, 0.25) is 5.91 Å². The normalized spacial score (nSPS) is 15.7. The minimum absolute atomic E-state index is 0.0881. The molecule has 2 rings (SSSR count). The predicted molar refractivity (Wildman–Crippen MR) is 94.6 cm³/mol. The van der Waals surface area contributed by atoms with E-state index in [-0.39, 0.29) is 18.0 Å². The van der Waals surface area contributed by atoms with Crippen molar-refractivity contribution in [2.24, 2.45) is 5.92 Å². The molecule has 1 aromatic rings. The lowest BCUT2D eigenvalue weighted by Crippen LogP contribution is -2.34. The first-order chi connectivity index (χ1) is 11.4. The molecule has 1 heterocycles. The maximum absolute atomic E-state index is 15.1. The van der Waals surface area contributed by atoms with Crippen LogP contribution >= 0.6 is 0 Å². The molecule has 1 amide bonds. The Labute approximate surface area is 143 Å². The molecule has 0 unspecified atom stereocenters. The van der Waals surface area contributed by atoms with Gasteiger partial charge in [0.05, 0.1) is 5.69 Å². The monoisotopic (exact) mass is 338 g/mol. The molecule has 1 N–H and O–H groups in total. The van der Waals surface area contributed by atoms with Gasteiger partial charge in [-0.15, -0.1) is 0 Å². The molecule has 3 nitrogen and oxygen atoms in total. The summed E-state index contributed by atoms with van der Waals surface area (Å²) in [6.45, 7) is 8.90. The van der Waals surface area contributed by atoms with Crippen molar-refractivity contribution < 1.29 is 13.6 Å². The zero-order valence-electron chi connectivity index (χ0n) is 15.1. The maximum Gasteiger partial charge on any atom is 0.224 e. The molecule has 0 bridgehead atoms. The largest absolute Gasteiger partial charge is 0.367 e. The fourth-order valence-corrected chi connectivity index (χ4v) is 3.34. The Balaban J connectivity index is 2.55. The van der Waals surface area contributed by atoms with Crippen LogP contribution in [0.2, 0.25) is 0 Å². The van der Waals surface area contributed by atoms with E-state index in [4.69, 9.17) is 0 Å². The highest BCUT2D eigenvalue weighted by molar-refractivity contribution is 5.93. The third kappa shape index (κ3) is 3.55. The lowest BCUT2D eigenvalue weighted by Gasteiger charge is -2.34. The average Bonchev–Trinajstić information content (AvgIpc) is 2.57. The highest BCUT2D eigenvalue weighted by atomic mass is 19.1. The van der Waals surface area contributed by atoms with E-state index >= 15 is 8.78 Å². The lowest BCUT2D eigenvalue weighted by atomic mass is 9.95. The molecule has 5 heteroatoms. The maximum atomic E-state index is 15.1. The van der Waals surface area contributed by atoms with Crippen molar-refractivity contribution in [2.45, 2.75) is 59.8 Å². The lowest BCUT2D eigenvalue weighted by molar-refractivity contribution is -0.115. The van der Waals surface area contributed by atoms with E-state index in [9.17, 15) is 4.79 Å². The van der Waals surface area contributed by atoms with Crippen molar-refractivity contribution in [3.63, 3.8) is 0 Å². The molecule has 0 atom stereocenters. The van der Waals surface area contributed by atoms with Crippen molar-refractivity contribution in [1.82, 2.24) is 0 Å². The van der Waals surface area contributed by atoms with Gasteiger partial charge >= 0.3 is 0 Å². The summed E-state index contributed by atoms with van der Waals surface area (Å²) in [5.41, 5.74) is 1.23. The van der Waals surface area contributed by atoms with Gasteiger partial charge in [-0.3, -0.25) is 4.79 Å². The highest BCUT2D eigenvalue weighted by Crippen LogP contribution is 2.38. The van der Waals surface area contributed by atoms with Gasteiger partial charge in [-0.05, 0) is 31.6 Å². The molecule has 1 aliphatic rings. The number of nitrogens with one attached hydrogen (secondary N) is 1. The van der Waals surface area contributed by atoms with E-state index in [0.29, 0.717) is 48.7 Å². The van der Waals surface area contributed by atoms with Crippen molar-refractivity contribution in [3.05, 3.63) is 22.8 Å². The Morgan fingerprint density at radius 1 is 1.08 bits per heavy atom. The van der Waals surface area contributed by atoms with Gasteiger partial charge in [0.1, 0.15) is 5.69 Å². The Morgan fingerprint density at radius 3 is 2.00 bits per heavy atom. The highest BCUT2D eigenvalue weighted by Gasteiger charge is 2.28. The van der Waals surface area contributed by atoms with Gasteiger partial charge in [-0.1, -0.05) is 27.7 Å². The van der Waals surface area contributed by atoms with Crippen LogP contribution in [0.4, 0.5) is 20.2 Å². The van der Waals surface area contributed by atoms with E-state index in [1.165, 1.54) is 0 Å². The molecule has 1 aliphatic heterocycles. The molecule has 0 aliphatic carbocycles. The Morgan fingerprint density at radius 2 is 1.58 bits per heavy atom. The van der Waals surface area contributed by atoms with Crippen LogP contribution in [0.5, 0.6) is 0 Å². The summed E-state index contributed by atoms with van der Waals surface area (Å²) in [6, 6.07) is 0. The first kappa shape index (κ1) is 18.7. The van der Waals surface area contributed by atoms with E-state index < -0.39 is 11.6 Å². The quantitative estimate of drug-likeness (QED) is 0.846. The number of benzene rings is 1. The van der Waals surface area contributed by atoms with Crippen LogP contribution in [-0.2, 0) is 17.6 Å². The summed E-state index contributed by atoms with van der Waals surface area (Å²) in [4.78, 5) is 13.6. The number of hydrogen-bond donors (Lipinski definition) is 1. The van der Waals surface area contributed by atoms with E-state index in [1.807, 2.05) is 18.7 Å². The zero-order chi connectivity index (χ0) is 17.9. The molecule has 1 saturated heterocycles. The van der Waals surface area contributed by atoms with Crippen molar-refractivity contribution in [3.8, 4) is 0 Å². The van der Waals surface area contributed by atoms with Gasteiger partial charge in [0.25, 0.3) is 0 Å². The van der Waals surface area contributed by atoms with Gasteiger partial charge in [0, 0.05) is 30.6 Å². The van der Waals surface area contributed by atoms with Crippen LogP contribution in [0.15, 0.2) is 0 Å². The Kier molecular flexibility index (Phi) is 6.19. The summed E-state index contributed by atoms with van der Waals surface area (Å²) in [7, 11) is 0. The SMILES string of the molecule is CCC(=O)Nc1c(CC)c(F)c(N2CCC(C)CC2)c(F)c1CC. The van der Waals surface area contributed by atoms with Crippen molar-refractivity contribution in [1.29, 1.82) is 0 Å².